The van der Waals surface area contributed by atoms with Gasteiger partial charge in [-0.05, 0) is 6.42 Å². The molecule has 7 heavy (non-hydrogen) atoms. The summed E-state index contributed by atoms with van der Waals surface area (Å²) in [6.45, 7) is 3.71. The van der Waals surface area contributed by atoms with Crippen molar-refractivity contribution in [2.24, 2.45) is 0 Å². The van der Waals surface area contributed by atoms with E-state index in [0.717, 1.165) is 5.25 Å². The van der Waals surface area contributed by atoms with Gasteiger partial charge in [0.15, 0.2) is 0 Å². The zero-order chi connectivity index (χ0) is 5.11. The molecule has 1 saturated heterocycles. The molecule has 0 nitrogen and oxygen atoms in total. The van der Waals surface area contributed by atoms with Gasteiger partial charge in [0.25, 0.3) is 0 Å². The van der Waals surface area contributed by atoms with Crippen LogP contribution in [0.1, 0.15) is 6.42 Å². The first-order valence-corrected chi connectivity index (χ1v) is 4.72. The Kier molecular flexibility index (Phi) is 2.13. The van der Waals surface area contributed by atoms with Crippen LogP contribution in [-0.4, -0.2) is 11.0 Å². The fourth-order valence-electron chi connectivity index (χ4n) is 0.505. The Hall–Kier alpha value is 0.440. The van der Waals surface area contributed by atoms with E-state index < -0.39 is 0 Å². The molecule has 0 radical (unpaired) electrons. The lowest BCUT2D eigenvalue weighted by Crippen LogP contribution is -1.87. The van der Waals surface area contributed by atoms with Gasteiger partial charge in [-0.15, -0.1) is 6.58 Å². The van der Waals surface area contributed by atoms with Crippen LogP contribution in [0.25, 0.3) is 0 Å². The van der Waals surface area contributed by atoms with Crippen molar-refractivity contribution in [1.82, 2.24) is 0 Å². The smallest absolute Gasteiger partial charge is 0.0336 e. The molecule has 0 bridgehead atoms. The molecule has 40 valence electrons. The lowest BCUT2D eigenvalue weighted by molar-refractivity contribution is 1.01. The van der Waals surface area contributed by atoms with Crippen LogP contribution in [0.5, 0.6) is 0 Å². The molecule has 1 aliphatic heterocycles. The number of hydrogen-bond acceptors (Lipinski definition) is 2. The van der Waals surface area contributed by atoms with Gasteiger partial charge in [-0.1, -0.05) is 27.7 Å². The summed E-state index contributed by atoms with van der Waals surface area (Å²) in [5, 5.41) is 0.741. The Balaban J connectivity index is 2.26. The van der Waals surface area contributed by atoms with E-state index in [9.17, 15) is 0 Å². The summed E-state index contributed by atoms with van der Waals surface area (Å²) < 4.78 is 0. The third-order valence-corrected chi connectivity index (χ3v) is 3.80. The summed E-state index contributed by atoms with van der Waals surface area (Å²) in [4.78, 5) is 0. The van der Waals surface area contributed by atoms with Gasteiger partial charge in [0, 0.05) is 11.0 Å². The van der Waals surface area contributed by atoms with Gasteiger partial charge < -0.3 is 0 Å². The van der Waals surface area contributed by atoms with E-state index in [0.29, 0.717) is 0 Å². The Morgan fingerprint density at radius 2 is 2.57 bits per heavy atom. The van der Waals surface area contributed by atoms with Crippen LogP contribution in [0, 0.1) is 0 Å². The average molecular weight is 132 g/mol. The molecular weight excluding hydrogens is 124 g/mol. The second kappa shape index (κ2) is 2.68. The first-order chi connectivity index (χ1) is 3.43. The molecule has 0 spiro atoms. The van der Waals surface area contributed by atoms with Crippen molar-refractivity contribution in [3.8, 4) is 0 Å². The number of rotatable bonds is 1. The van der Waals surface area contributed by atoms with E-state index in [1.54, 1.807) is 0 Å². The van der Waals surface area contributed by atoms with Crippen LogP contribution in [0.3, 0.4) is 0 Å². The molecule has 0 aliphatic carbocycles. The van der Waals surface area contributed by atoms with Gasteiger partial charge in [-0.3, -0.25) is 0 Å². The van der Waals surface area contributed by atoms with Crippen molar-refractivity contribution in [2.75, 3.05) is 5.75 Å². The lowest BCUT2D eigenvalue weighted by Gasteiger charge is -1.92. The van der Waals surface area contributed by atoms with Crippen LogP contribution in [0.2, 0.25) is 0 Å². The van der Waals surface area contributed by atoms with Crippen LogP contribution < -0.4 is 0 Å². The molecular formula is C5H8S2. The Bertz CT molecular complexity index is 64.5. The summed E-state index contributed by atoms with van der Waals surface area (Å²) in [6.07, 6.45) is 3.35. The molecule has 1 aliphatic rings. The molecule has 1 heterocycles. The molecule has 1 fully saturated rings. The van der Waals surface area contributed by atoms with E-state index in [2.05, 4.69) is 6.58 Å². The molecule has 0 aromatic rings. The molecule has 0 aromatic heterocycles. The highest BCUT2D eigenvalue weighted by molar-refractivity contribution is 8.77. The zero-order valence-electron chi connectivity index (χ0n) is 4.09. The number of hydrogen-bond donors (Lipinski definition) is 0. The van der Waals surface area contributed by atoms with Gasteiger partial charge in [0.2, 0.25) is 0 Å². The van der Waals surface area contributed by atoms with E-state index >= 15 is 0 Å². The maximum Gasteiger partial charge on any atom is 0.0336 e. The van der Waals surface area contributed by atoms with E-state index in [4.69, 9.17) is 0 Å². The van der Waals surface area contributed by atoms with Gasteiger partial charge in [0.1, 0.15) is 0 Å². The molecule has 2 heteroatoms. The second-order valence-corrected chi connectivity index (χ2v) is 4.21. The predicted octanol–water partition coefficient (Wildman–Crippen LogP) is 2.33. The maximum atomic E-state index is 3.71. The van der Waals surface area contributed by atoms with E-state index in [1.165, 1.54) is 12.2 Å². The van der Waals surface area contributed by atoms with Gasteiger partial charge >= 0.3 is 0 Å². The van der Waals surface area contributed by atoms with Gasteiger partial charge in [0.05, 0.1) is 0 Å². The summed E-state index contributed by atoms with van der Waals surface area (Å²) in [7, 11) is 3.89. The third-order valence-electron chi connectivity index (χ3n) is 0.940. The Morgan fingerprint density at radius 1 is 1.71 bits per heavy atom. The fourth-order valence-corrected chi connectivity index (χ4v) is 3.19. The maximum absolute atomic E-state index is 3.71. The highest BCUT2D eigenvalue weighted by Gasteiger charge is 2.11. The highest BCUT2D eigenvalue weighted by atomic mass is 33.1. The van der Waals surface area contributed by atoms with Crippen LogP contribution in [0.4, 0.5) is 0 Å². The van der Waals surface area contributed by atoms with Crippen LogP contribution >= 0.6 is 21.6 Å². The van der Waals surface area contributed by atoms with Crippen molar-refractivity contribution in [1.29, 1.82) is 0 Å². The Morgan fingerprint density at radius 3 is 2.86 bits per heavy atom. The Labute approximate surface area is 52.1 Å². The molecule has 0 amide bonds. The molecule has 1 rings (SSSR count). The first-order valence-electron chi connectivity index (χ1n) is 2.34. The van der Waals surface area contributed by atoms with Crippen LogP contribution in [-0.2, 0) is 0 Å². The molecule has 0 N–H and O–H groups in total. The molecule has 1 unspecified atom stereocenters. The summed E-state index contributed by atoms with van der Waals surface area (Å²) in [5.41, 5.74) is 0. The molecule has 1 atom stereocenters. The predicted molar refractivity (Wildman–Crippen MR) is 38.7 cm³/mol. The van der Waals surface area contributed by atoms with E-state index in [-0.39, 0.29) is 0 Å². The quantitative estimate of drug-likeness (QED) is 0.397. The molecule has 0 aromatic carbocycles. The monoisotopic (exact) mass is 132 g/mol. The summed E-state index contributed by atoms with van der Waals surface area (Å²) in [5.74, 6) is 1.31. The second-order valence-electron chi connectivity index (χ2n) is 1.48. The SMILES string of the molecule is C=CC1CCSS1. The fraction of sp³-hybridized carbons (Fsp3) is 0.600. The largest absolute Gasteiger partial charge is 0.102 e. The molecule has 0 saturated carbocycles. The van der Waals surface area contributed by atoms with Crippen molar-refractivity contribution in [3.63, 3.8) is 0 Å². The summed E-state index contributed by atoms with van der Waals surface area (Å²) in [6, 6.07) is 0. The van der Waals surface area contributed by atoms with Crippen molar-refractivity contribution < 1.29 is 0 Å². The normalized spacial score (nSPS) is 30.6. The lowest BCUT2D eigenvalue weighted by atomic mass is 10.3. The zero-order valence-corrected chi connectivity index (χ0v) is 5.73. The van der Waals surface area contributed by atoms with Gasteiger partial charge in [-0.2, -0.15) is 0 Å². The van der Waals surface area contributed by atoms with Crippen molar-refractivity contribution >= 4 is 21.6 Å². The average Bonchev–Trinajstić information content (AvgIpc) is 2.14. The highest BCUT2D eigenvalue weighted by Crippen LogP contribution is 2.37. The first kappa shape index (κ1) is 5.57. The van der Waals surface area contributed by atoms with Crippen molar-refractivity contribution in [3.05, 3.63) is 12.7 Å². The van der Waals surface area contributed by atoms with Crippen LogP contribution in [0.15, 0.2) is 12.7 Å². The van der Waals surface area contributed by atoms with E-state index in [1.807, 2.05) is 27.7 Å². The minimum absolute atomic E-state index is 0.741. The third kappa shape index (κ3) is 1.42. The summed E-state index contributed by atoms with van der Waals surface area (Å²) >= 11 is 0. The minimum Gasteiger partial charge on any atom is -0.102 e. The van der Waals surface area contributed by atoms with Crippen molar-refractivity contribution in [2.45, 2.75) is 11.7 Å². The minimum atomic E-state index is 0.741. The van der Waals surface area contributed by atoms with Gasteiger partial charge in [-0.25, -0.2) is 0 Å². The topological polar surface area (TPSA) is 0 Å². The standard InChI is InChI=1S/C5H8S2/c1-2-5-3-4-6-7-5/h2,5H,1,3-4H2.